The normalized spacial score (nSPS) is 17.9. The van der Waals surface area contributed by atoms with Gasteiger partial charge in [-0.1, -0.05) is 19.3 Å². The first-order valence-corrected chi connectivity index (χ1v) is 8.52. The van der Waals surface area contributed by atoms with Crippen LogP contribution >= 0.6 is 0 Å². The maximum Gasteiger partial charge on any atom is 0.475 e. The van der Waals surface area contributed by atoms with Crippen molar-refractivity contribution in [1.82, 2.24) is 15.3 Å². The minimum atomic E-state index is -1.69. The molecule has 0 radical (unpaired) electrons. The van der Waals surface area contributed by atoms with E-state index >= 15 is 0 Å². The number of aliphatic hydroxyl groups excluding tert-OH is 1. The Morgan fingerprint density at radius 1 is 1.36 bits per heavy atom. The van der Waals surface area contributed by atoms with Crippen LogP contribution in [0.1, 0.15) is 49.5 Å². The summed E-state index contributed by atoms with van der Waals surface area (Å²) in [5.74, 6) is -2.44. The van der Waals surface area contributed by atoms with Crippen molar-refractivity contribution in [1.29, 1.82) is 0 Å². The lowest BCUT2D eigenvalue weighted by Gasteiger charge is -2.31. The molecule has 8 nitrogen and oxygen atoms in total. The van der Waals surface area contributed by atoms with Gasteiger partial charge in [0.05, 0.1) is 24.2 Å². The van der Waals surface area contributed by atoms with E-state index in [0.29, 0.717) is 12.3 Å². The Labute approximate surface area is 146 Å². The van der Waals surface area contributed by atoms with Crippen molar-refractivity contribution >= 4 is 18.8 Å². The van der Waals surface area contributed by atoms with E-state index in [2.05, 4.69) is 15.3 Å². The maximum atomic E-state index is 12.5. The van der Waals surface area contributed by atoms with Crippen LogP contribution in [-0.4, -0.2) is 56.0 Å². The molecule has 3 atom stereocenters. The second-order valence-corrected chi connectivity index (χ2v) is 6.63. The summed E-state index contributed by atoms with van der Waals surface area (Å²) in [6, 6.07) is 0. The molecule has 1 aromatic heterocycles. The number of carbonyl (C=O) groups excluding carboxylic acids is 2. The summed E-state index contributed by atoms with van der Waals surface area (Å²) in [6.07, 6.45) is 6.39. The molecule has 1 aliphatic carbocycles. The van der Waals surface area contributed by atoms with Crippen LogP contribution in [0.2, 0.25) is 0 Å². The summed E-state index contributed by atoms with van der Waals surface area (Å²) in [7, 11) is -1.69. The smallest absolute Gasteiger partial charge is 0.426 e. The van der Waals surface area contributed by atoms with Gasteiger partial charge < -0.3 is 20.5 Å². The topological polar surface area (TPSA) is 133 Å². The van der Waals surface area contributed by atoms with Crippen molar-refractivity contribution in [2.75, 3.05) is 0 Å². The molecule has 1 saturated carbocycles. The van der Waals surface area contributed by atoms with Crippen molar-refractivity contribution in [3.05, 3.63) is 24.3 Å². The molecule has 1 aliphatic rings. The first kappa shape index (κ1) is 19.5. The van der Waals surface area contributed by atoms with E-state index < -0.39 is 36.8 Å². The van der Waals surface area contributed by atoms with Gasteiger partial charge in [-0.15, -0.1) is 0 Å². The van der Waals surface area contributed by atoms with Gasteiger partial charge >= 0.3 is 7.12 Å². The molecule has 4 N–H and O–H groups in total. The van der Waals surface area contributed by atoms with Crippen LogP contribution in [-0.2, 0) is 4.79 Å². The average molecular weight is 349 g/mol. The van der Waals surface area contributed by atoms with Gasteiger partial charge in [0.25, 0.3) is 0 Å². The monoisotopic (exact) mass is 349 g/mol. The summed E-state index contributed by atoms with van der Waals surface area (Å²) in [6.45, 7) is 1.42. The predicted molar refractivity (Wildman–Crippen MR) is 90.2 cm³/mol. The Hall–Kier alpha value is -1.84. The fraction of sp³-hybridized carbons (Fsp3) is 0.625. The van der Waals surface area contributed by atoms with Gasteiger partial charge in [0.15, 0.2) is 5.78 Å². The Balaban J connectivity index is 1.99. The fourth-order valence-electron chi connectivity index (χ4n) is 2.86. The molecular formula is C16H24BN3O5. The number of ketones is 1. The lowest BCUT2D eigenvalue weighted by molar-refractivity contribution is -0.128. The van der Waals surface area contributed by atoms with E-state index in [9.17, 15) is 24.7 Å². The molecule has 0 unspecified atom stereocenters. The summed E-state index contributed by atoms with van der Waals surface area (Å²) >= 11 is 0. The van der Waals surface area contributed by atoms with Gasteiger partial charge in [-0.05, 0) is 19.3 Å². The highest BCUT2D eigenvalue weighted by molar-refractivity contribution is 6.43. The fourth-order valence-corrected chi connectivity index (χ4v) is 2.86. The van der Waals surface area contributed by atoms with Crippen molar-refractivity contribution in [2.45, 2.75) is 51.1 Å². The van der Waals surface area contributed by atoms with Crippen molar-refractivity contribution < 1.29 is 24.7 Å². The van der Waals surface area contributed by atoms with E-state index in [1.165, 1.54) is 25.5 Å². The number of aromatic nitrogens is 2. The Kier molecular flexibility index (Phi) is 7.04. The van der Waals surface area contributed by atoms with Crippen LogP contribution in [0.25, 0.3) is 0 Å². The van der Waals surface area contributed by atoms with Gasteiger partial charge in [0.1, 0.15) is 5.69 Å². The highest BCUT2D eigenvalue weighted by Gasteiger charge is 2.34. The largest absolute Gasteiger partial charge is 0.475 e. The molecule has 1 fully saturated rings. The summed E-state index contributed by atoms with van der Waals surface area (Å²) in [4.78, 5) is 32.4. The second-order valence-electron chi connectivity index (χ2n) is 6.63. The van der Waals surface area contributed by atoms with Crippen LogP contribution in [0.4, 0.5) is 0 Å². The van der Waals surface area contributed by atoms with Crippen LogP contribution in [0.3, 0.4) is 0 Å². The predicted octanol–water partition coefficient (Wildman–Crippen LogP) is -0.267. The Bertz CT molecular complexity index is 580. The number of rotatable bonds is 9. The molecule has 1 aromatic rings. The van der Waals surface area contributed by atoms with E-state index in [4.69, 9.17) is 0 Å². The molecule has 25 heavy (non-hydrogen) atoms. The standard InChI is InChI=1S/C16H24BN3O5/c1-10(21)12(8-14(22)13-9-18-5-6-19-13)16(23)20-15(17(24)25)7-11-3-2-4-11/h5-6,9-12,15,21,24-25H,2-4,7-8H2,1H3,(H,20,23)/t10-,12-,15-/m0/s1. The number of carbonyl (C=O) groups is 2. The van der Waals surface area contributed by atoms with E-state index in [0.717, 1.165) is 19.3 Å². The zero-order chi connectivity index (χ0) is 18.4. The van der Waals surface area contributed by atoms with Gasteiger partial charge in [0, 0.05) is 18.8 Å². The van der Waals surface area contributed by atoms with E-state index in [-0.39, 0.29) is 12.1 Å². The quantitative estimate of drug-likeness (QED) is 0.356. The summed E-state index contributed by atoms with van der Waals surface area (Å²) in [5.41, 5.74) is 0.120. The van der Waals surface area contributed by atoms with Crippen LogP contribution in [0.15, 0.2) is 18.6 Å². The molecule has 0 spiro atoms. The third-order valence-corrected chi connectivity index (χ3v) is 4.67. The number of hydrogen-bond acceptors (Lipinski definition) is 7. The molecule has 0 saturated heterocycles. The number of nitrogens with one attached hydrogen (secondary N) is 1. The van der Waals surface area contributed by atoms with Crippen molar-refractivity contribution in [3.8, 4) is 0 Å². The number of amides is 1. The molecule has 0 aliphatic heterocycles. The van der Waals surface area contributed by atoms with Gasteiger partial charge in [0.2, 0.25) is 5.91 Å². The van der Waals surface area contributed by atoms with Crippen molar-refractivity contribution in [3.63, 3.8) is 0 Å². The molecule has 2 rings (SSSR count). The Morgan fingerprint density at radius 2 is 2.08 bits per heavy atom. The summed E-state index contributed by atoms with van der Waals surface area (Å²) < 4.78 is 0. The van der Waals surface area contributed by atoms with E-state index in [1.807, 2.05) is 0 Å². The molecule has 136 valence electrons. The Morgan fingerprint density at radius 3 is 2.56 bits per heavy atom. The number of nitrogens with zero attached hydrogens (tertiary/aromatic N) is 2. The second kappa shape index (κ2) is 9.03. The van der Waals surface area contributed by atoms with Crippen LogP contribution in [0, 0.1) is 11.8 Å². The molecule has 0 aromatic carbocycles. The third kappa shape index (κ3) is 5.59. The first-order valence-electron chi connectivity index (χ1n) is 8.52. The molecule has 0 bridgehead atoms. The van der Waals surface area contributed by atoms with Crippen LogP contribution < -0.4 is 5.32 Å². The molecule has 1 amide bonds. The highest BCUT2D eigenvalue weighted by Crippen LogP contribution is 2.30. The van der Waals surface area contributed by atoms with Gasteiger partial charge in [-0.2, -0.15) is 0 Å². The summed E-state index contributed by atoms with van der Waals surface area (Å²) in [5, 5.41) is 31.5. The zero-order valence-corrected chi connectivity index (χ0v) is 14.2. The lowest BCUT2D eigenvalue weighted by Crippen LogP contribution is -2.51. The zero-order valence-electron chi connectivity index (χ0n) is 14.2. The molecule has 1 heterocycles. The maximum absolute atomic E-state index is 12.5. The van der Waals surface area contributed by atoms with Crippen LogP contribution in [0.5, 0.6) is 0 Å². The van der Waals surface area contributed by atoms with Crippen molar-refractivity contribution in [2.24, 2.45) is 11.8 Å². The number of hydrogen-bond donors (Lipinski definition) is 4. The lowest BCUT2D eigenvalue weighted by atomic mass is 9.69. The SMILES string of the molecule is C[C@H](O)[C@H](CC(=O)c1cnccn1)C(=O)N[C@@H](CC1CCC1)B(O)O. The highest BCUT2D eigenvalue weighted by atomic mass is 16.4. The van der Waals surface area contributed by atoms with Gasteiger partial charge in [-0.3, -0.25) is 14.6 Å². The molecule has 9 heteroatoms. The number of aliphatic hydroxyl groups is 1. The first-order chi connectivity index (χ1) is 11.9. The minimum Gasteiger partial charge on any atom is -0.426 e. The van der Waals surface area contributed by atoms with Gasteiger partial charge in [-0.25, -0.2) is 4.98 Å². The van der Waals surface area contributed by atoms with E-state index in [1.54, 1.807) is 0 Å². The minimum absolute atomic E-state index is 0.120. The molecular weight excluding hydrogens is 325 g/mol. The number of Topliss-reactive ketones (excluding diaryl/α,β-unsaturated/α-hetero) is 1. The average Bonchev–Trinajstić information content (AvgIpc) is 2.54. The third-order valence-electron chi connectivity index (χ3n) is 4.67.